The second kappa shape index (κ2) is 6.44. The summed E-state index contributed by atoms with van der Waals surface area (Å²) in [5.74, 6) is -0.894. The third-order valence-electron chi connectivity index (χ3n) is 2.06. The average molecular weight is 233 g/mol. The van der Waals surface area contributed by atoms with Gasteiger partial charge in [0.1, 0.15) is 5.82 Å². The molecule has 0 fully saturated rings. The van der Waals surface area contributed by atoms with Gasteiger partial charge in [0.05, 0.1) is 19.1 Å². The molecule has 3 nitrogen and oxygen atoms in total. The molecule has 0 aromatic heterocycles. The van der Waals surface area contributed by atoms with E-state index in [2.05, 4.69) is 0 Å². The lowest BCUT2D eigenvalue weighted by molar-refractivity contribution is -0.137. The van der Waals surface area contributed by atoms with Crippen molar-refractivity contribution < 1.29 is 13.9 Å². The van der Waals surface area contributed by atoms with E-state index in [0.717, 1.165) is 0 Å². The average Bonchev–Trinajstić information content (AvgIpc) is 2.30. The van der Waals surface area contributed by atoms with Gasteiger partial charge in [0.2, 0.25) is 0 Å². The van der Waals surface area contributed by atoms with Gasteiger partial charge in [0.25, 0.3) is 0 Å². The van der Waals surface area contributed by atoms with Crippen molar-refractivity contribution >= 4 is 12.0 Å². The first-order chi connectivity index (χ1) is 8.17. The Morgan fingerprint density at radius 2 is 2.35 bits per heavy atom. The molecule has 0 saturated heterocycles. The molecule has 88 valence electrons. The Labute approximate surface area is 99.1 Å². The summed E-state index contributed by atoms with van der Waals surface area (Å²) in [6.45, 7) is 1.99. The zero-order valence-electron chi connectivity index (χ0n) is 9.44. The summed E-state index contributed by atoms with van der Waals surface area (Å²) in [5.41, 5.74) is 1.19. The van der Waals surface area contributed by atoms with Crippen molar-refractivity contribution in [3.8, 4) is 6.07 Å². The van der Waals surface area contributed by atoms with Crippen molar-refractivity contribution in [1.29, 1.82) is 5.26 Å². The maximum absolute atomic E-state index is 13.0. The van der Waals surface area contributed by atoms with Crippen LogP contribution in [-0.4, -0.2) is 12.6 Å². The summed E-state index contributed by atoms with van der Waals surface area (Å²) < 4.78 is 17.7. The van der Waals surface area contributed by atoms with Gasteiger partial charge in [-0.05, 0) is 36.3 Å². The van der Waals surface area contributed by atoms with Gasteiger partial charge in [0, 0.05) is 6.08 Å². The molecule has 0 spiro atoms. The van der Waals surface area contributed by atoms with Gasteiger partial charge in [-0.1, -0.05) is 6.07 Å². The van der Waals surface area contributed by atoms with Crippen LogP contribution in [0, 0.1) is 17.1 Å². The molecule has 0 aliphatic rings. The molecule has 4 heteroatoms. The van der Waals surface area contributed by atoms with Crippen LogP contribution >= 0.6 is 0 Å². The standard InChI is InChI=1S/C13H12FNO2/c1-2-17-13(16)6-4-11-9-12(14)5-3-10(11)7-8-15/h3-6,9H,2,7H2,1H3. The highest BCUT2D eigenvalue weighted by Gasteiger charge is 2.02. The molecule has 1 rings (SSSR count). The van der Waals surface area contributed by atoms with Crippen molar-refractivity contribution in [3.05, 3.63) is 41.2 Å². The number of carbonyl (C=O) groups excluding carboxylic acids is 1. The monoisotopic (exact) mass is 233 g/mol. The van der Waals surface area contributed by atoms with Crippen LogP contribution in [-0.2, 0) is 16.0 Å². The van der Waals surface area contributed by atoms with Crippen molar-refractivity contribution in [1.82, 2.24) is 0 Å². The van der Waals surface area contributed by atoms with Crippen molar-refractivity contribution in [2.24, 2.45) is 0 Å². The summed E-state index contributed by atoms with van der Waals surface area (Å²) in [6, 6.07) is 6.08. The largest absolute Gasteiger partial charge is 0.463 e. The molecule has 0 amide bonds. The minimum Gasteiger partial charge on any atom is -0.463 e. The van der Waals surface area contributed by atoms with Crippen LogP contribution in [0.3, 0.4) is 0 Å². The number of hydrogen-bond acceptors (Lipinski definition) is 3. The normalized spacial score (nSPS) is 10.2. The third-order valence-corrected chi connectivity index (χ3v) is 2.06. The molecular formula is C13H12FNO2. The van der Waals surface area contributed by atoms with Gasteiger partial charge in [-0.2, -0.15) is 5.26 Å². The van der Waals surface area contributed by atoms with E-state index in [4.69, 9.17) is 10.00 Å². The van der Waals surface area contributed by atoms with Gasteiger partial charge < -0.3 is 4.74 Å². The molecule has 0 saturated carbocycles. The Balaban J connectivity index is 2.92. The van der Waals surface area contributed by atoms with Gasteiger partial charge in [0.15, 0.2) is 0 Å². The molecule has 0 atom stereocenters. The summed E-state index contributed by atoms with van der Waals surface area (Å²) in [6.07, 6.45) is 2.84. The Morgan fingerprint density at radius 1 is 1.59 bits per heavy atom. The predicted octanol–water partition coefficient (Wildman–Crippen LogP) is 2.47. The molecule has 0 unspecified atom stereocenters. The minimum atomic E-state index is -0.486. The number of ether oxygens (including phenoxy) is 1. The van der Waals surface area contributed by atoms with E-state index in [9.17, 15) is 9.18 Å². The fraction of sp³-hybridized carbons (Fsp3) is 0.231. The highest BCUT2D eigenvalue weighted by molar-refractivity contribution is 5.87. The predicted molar refractivity (Wildman–Crippen MR) is 61.4 cm³/mol. The molecular weight excluding hydrogens is 221 g/mol. The van der Waals surface area contributed by atoms with E-state index in [-0.39, 0.29) is 13.0 Å². The quantitative estimate of drug-likeness (QED) is 0.593. The number of rotatable bonds is 4. The number of hydrogen-bond donors (Lipinski definition) is 0. The molecule has 0 aliphatic carbocycles. The number of esters is 1. The molecule has 0 heterocycles. The first-order valence-electron chi connectivity index (χ1n) is 5.17. The molecule has 0 radical (unpaired) electrons. The lowest BCUT2D eigenvalue weighted by atomic mass is 10.0. The van der Waals surface area contributed by atoms with Gasteiger partial charge in [-0.15, -0.1) is 0 Å². The number of nitrogens with zero attached hydrogens (tertiary/aromatic N) is 1. The second-order valence-corrected chi connectivity index (χ2v) is 3.26. The maximum atomic E-state index is 13.0. The molecule has 17 heavy (non-hydrogen) atoms. The lowest BCUT2D eigenvalue weighted by Gasteiger charge is -2.02. The molecule has 0 bridgehead atoms. The topological polar surface area (TPSA) is 50.1 Å². The summed E-state index contributed by atoms with van der Waals surface area (Å²) in [5, 5.41) is 8.62. The number of halogens is 1. The van der Waals surface area contributed by atoms with Gasteiger partial charge >= 0.3 is 5.97 Å². The summed E-state index contributed by atoms with van der Waals surface area (Å²) >= 11 is 0. The van der Waals surface area contributed by atoms with Gasteiger partial charge in [-0.3, -0.25) is 0 Å². The van der Waals surface area contributed by atoms with Crippen LogP contribution in [0.25, 0.3) is 6.08 Å². The Hall–Kier alpha value is -2.15. The zero-order chi connectivity index (χ0) is 12.7. The van der Waals surface area contributed by atoms with Gasteiger partial charge in [-0.25, -0.2) is 9.18 Å². The van der Waals surface area contributed by atoms with E-state index in [1.807, 2.05) is 6.07 Å². The third kappa shape index (κ3) is 4.07. The summed E-state index contributed by atoms with van der Waals surface area (Å²) in [7, 11) is 0. The Kier molecular flexibility index (Phi) is 4.89. The minimum absolute atomic E-state index is 0.169. The molecule has 1 aromatic rings. The molecule has 1 aromatic carbocycles. The van der Waals surface area contributed by atoms with E-state index in [0.29, 0.717) is 11.1 Å². The highest BCUT2D eigenvalue weighted by Crippen LogP contribution is 2.13. The first-order valence-corrected chi connectivity index (χ1v) is 5.17. The van der Waals surface area contributed by atoms with Crippen molar-refractivity contribution in [2.75, 3.05) is 6.61 Å². The second-order valence-electron chi connectivity index (χ2n) is 3.26. The first kappa shape index (κ1) is 12.9. The SMILES string of the molecule is CCOC(=O)C=Cc1cc(F)ccc1CC#N. The number of benzene rings is 1. The van der Waals surface area contributed by atoms with Crippen LogP contribution < -0.4 is 0 Å². The maximum Gasteiger partial charge on any atom is 0.330 e. The van der Waals surface area contributed by atoms with Crippen LogP contribution in [0.15, 0.2) is 24.3 Å². The number of nitriles is 1. The molecule has 0 aliphatic heterocycles. The van der Waals surface area contributed by atoms with E-state index >= 15 is 0 Å². The fourth-order valence-corrected chi connectivity index (χ4v) is 1.32. The van der Waals surface area contributed by atoms with Crippen LogP contribution in [0.2, 0.25) is 0 Å². The van der Waals surface area contributed by atoms with Crippen molar-refractivity contribution in [2.45, 2.75) is 13.3 Å². The van der Waals surface area contributed by atoms with Crippen LogP contribution in [0.1, 0.15) is 18.1 Å². The Morgan fingerprint density at radius 3 is 3.00 bits per heavy atom. The lowest BCUT2D eigenvalue weighted by Crippen LogP contribution is -1.99. The van der Waals surface area contributed by atoms with Crippen LogP contribution in [0.5, 0.6) is 0 Å². The molecule has 0 N–H and O–H groups in total. The van der Waals surface area contributed by atoms with Crippen LogP contribution in [0.4, 0.5) is 4.39 Å². The zero-order valence-corrected chi connectivity index (χ0v) is 9.44. The van der Waals surface area contributed by atoms with E-state index in [1.165, 1.54) is 30.4 Å². The van der Waals surface area contributed by atoms with Crippen molar-refractivity contribution in [3.63, 3.8) is 0 Å². The number of carbonyl (C=O) groups is 1. The smallest absolute Gasteiger partial charge is 0.330 e. The fourth-order valence-electron chi connectivity index (χ4n) is 1.32. The van der Waals surface area contributed by atoms with E-state index < -0.39 is 11.8 Å². The summed E-state index contributed by atoms with van der Waals surface area (Å²) in [4.78, 5) is 11.1. The Bertz CT molecular complexity index is 475. The van der Waals surface area contributed by atoms with E-state index in [1.54, 1.807) is 6.92 Å². The highest BCUT2D eigenvalue weighted by atomic mass is 19.1.